The number of esters is 1. The highest BCUT2D eigenvalue weighted by Crippen LogP contribution is 2.41. The van der Waals surface area contributed by atoms with E-state index in [4.69, 9.17) is 9.16 Å². The van der Waals surface area contributed by atoms with Crippen LogP contribution < -0.4 is 10.4 Å². The summed E-state index contributed by atoms with van der Waals surface area (Å²) >= 11 is 0. The van der Waals surface area contributed by atoms with Gasteiger partial charge in [-0.1, -0.05) is 144 Å². The normalized spacial score (nSPS) is 13.1. The van der Waals surface area contributed by atoms with Gasteiger partial charge in [0.25, 0.3) is 8.32 Å². The maximum Gasteiger partial charge on any atom is 0.305 e. The van der Waals surface area contributed by atoms with Crippen molar-refractivity contribution in [3.8, 4) is 0 Å². The molecule has 0 amide bonds. The summed E-state index contributed by atoms with van der Waals surface area (Å²) < 4.78 is 12.4. The van der Waals surface area contributed by atoms with Gasteiger partial charge in [-0.3, -0.25) is 4.79 Å². The Morgan fingerprint density at radius 3 is 2.05 bits per heavy atom. The van der Waals surface area contributed by atoms with E-state index in [1.807, 2.05) is 0 Å². The van der Waals surface area contributed by atoms with Gasteiger partial charge in [0.2, 0.25) is 0 Å². The molecule has 0 aliphatic rings. The molecule has 1 unspecified atom stereocenters. The SMILES string of the molecule is CCCCC/C=C\CC(O[Si](c1ccccc1)(c1ccccc1)C(C)(C)C)c1cccc(/C=C\CCCC(=O)OC)c1. The van der Waals surface area contributed by atoms with Crippen LogP contribution in [0.3, 0.4) is 0 Å². The van der Waals surface area contributed by atoms with Crippen LogP contribution in [0, 0.1) is 0 Å². The Hall–Kier alpha value is -3.21. The number of hydrogen-bond acceptors (Lipinski definition) is 3. The van der Waals surface area contributed by atoms with Crippen molar-refractivity contribution in [2.45, 2.75) is 90.2 Å². The van der Waals surface area contributed by atoms with Crippen molar-refractivity contribution >= 4 is 30.7 Å². The molecule has 0 aliphatic carbocycles. The third-order valence-electron chi connectivity index (χ3n) is 7.80. The topological polar surface area (TPSA) is 35.5 Å². The van der Waals surface area contributed by atoms with Crippen molar-refractivity contribution in [3.05, 3.63) is 114 Å². The number of hydrogen-bond donors (Lipinski definition) is 0. The Morgan fingerprint density at radius 2 is 1.45 bits per heavy atom. The number of methoxy groups -OCH3 is 1. The van der Waals surface area contributed by atoms with Crippen LogP contribution in [-0.4, -0.2) is 21.4 Å². The Labute approximate surface area is 255 Å². The minimum Gasteiger partial charge on any atom is -0.469 e. The first-order valence-corrected chi connectivity index (χ1v) is 17.5. The fourth-order valence-electron chi connectivity index (χ4n) is 5.56. The second kappa shape index (κ2) is 17.0. The predicted molar refractivity (Wildman–Crippen MR) is 181 cm³/mol. The number of carbonyl (C=O) groups is 1. The van der Waals surface area contributed by atoms with E-state index in [0.29, 0.717) is 6.42 Å². The lowest BCUT2D eigenvalue weighted by Gasteiger charge is -2.45. The largest absolute Gasteiger partial charge is 0.469 e. The Balaban J connectivity index is 2.00. The lowest BCUT2D eigenvalue weighted by molar-refractivity contribution is -0.140. The van der Waals surface area contributed by atoms with E-state index < -0.39 is 8.32 Å². The second-order valence-electron chi connectivity index (χ2n) is 12.0. The van der Waals surface area contributed by atoms with Crippen LogP contribution in [0.5, 0.6) is 0 Å². The molecule has 0 spiro atoms. The van der Waals surface area contributed by atoms with Gasteiger partial charge in [0.1, 0.15) is 0 Å². The first kappa shape index (κ1) is 33.3. The van der Waals surface area contributed by atoms with Gasteiger partial charge < -0.3 is 9.16 Å². The Morgan fingerprint density at radius 1 is 0.810 bits per heavy atom. The smallest absolute Gasteiger partial charge is 0.305 e. The molecule has 3 aromatic carbocycles. The fourth-order valence-corrected chi connectivity index (χ4v) is 10.2. The molecule has 42 heavy (non-hydrogen) atoms. The number of rotatable bonds is 16. The van der Waals surface area contributed by atoms with Crippen LogP contribution in [0.25, 0.3) is 6.08 Å². The van der Waals surface area contributed by atoms with Crippen LogP contribution in [-0.2, 0) is 14.0 Å². The van der Waals surface area contributed by atoms with E-state index in [-0.39, 0.29) is 17.1 Å². The first-order chi connectivity index (χ1) is 20.3. The van der Waals surface area contributed by atoms with Gasteiger partial charge in [-0.15, -0.1) is 0 Å². The van der Waals surface area contributed by atoms with E-state index >= 15 is 0 Å². The summed E-state index contributed by atoms with van der Waals surface area (Å²) in [5.74, 6) is -0.156. The third-order valence-corrected chi connectivity index (χ3v) is 12.8. The molecule has 0 aliphatic heterocycles. The summed E-state index contributed by atoms with van der Waals surface area (Å²) in [6.07, 6.45) is 16.6. The molecule has 0 saturated carbocycles. The summed E-state index contributed by atoms with van der Waals surface area (Å²) in [6, 6.07) is 30.5. The third kappa shape index (κ3) is 9.40. The highest BCUT2D eigenvalue weighted by atomic mass is 28.4. The molecular formula is C38H50O3Si. The number of unbranched alkanes of at least 4 members (excludes halogenated alkanes) is 4. The highest BCUT2D eigenvalue weighted by molar-refractivity contribution is 6.99. The molecule has 3 rings (SSSR count). The molecule has 3 aromatic rings. The highest BCUT2D eigenvalue weighted by Gasteiger charge is 2.51. The average molecular weight is 583 g/mol. The van der Waals surface area contributed by atoms with Crippen LogP contribution in [0.4, 0.5) is 0 Å². The van der Waals surface area contributed by atoms with Gasteiger partial charge in [-0.25, -0.2) is 0 Å². The van der Waals surface area contributed by atoms with Crippen molar-refractivity contribution in [1.29, 1.82) is 0 Å². The minimum atomic E-state index is -2.74. The molecule has 224 valence electrons. The van der Waals surface area contributed by atoms with E-state index in [1.165, 1.54) is 42.3 Å². The Kier molecular flexibility index (Phi) is 13.5. The maximum absolute atomic E-state index is 11.5. The molecule has 4 heteroatoms. The van der Waals surface area contributed by atoms with Gasteiger partial charge >= 0.3 is 5.97 Å². The quantitative estimate of drug-likeness (QED) is 0.0731. The van der Waals surface area contributed by atoms with Gasteiger partial charge in [0, 0.05) is 6.42 Å². The van der Waals surface area contributed by atoms with Crippen molar-refractivity contribution in [3.63, 3.8) is 0 Å². The lowest BCUT2D eigenvalue weighted by Crippen LogP contribution is -2.66. The molecule has 0 N–H and O–H groups in total. The maximum atomic E-state index is 11.5. The summed E-state index contributed by atoms with van der Waals surface area (Å²) in [5, 5.41) is 2.49. The molecule has 0 heterocycles. The van der Waals surface area contributed by atoms with E-state index in [0.717, 1.165) is 31.2 Å². The van der Waals surface area contributed by atoms with Crippen molar-refractivity contribution < 1.29 is 14.0 Å². The number of ether oxygens (including phenoxy) is 1. The average Bonchev–Trinajstić information content (AvgIpc) is 3.00. The zero-order valence-corrected chi connectivity index (χ0v) is 27.4. The van der Waals surface area contributed by atoms with E-state index in [1.54, 1.807) is 0 Å². The van der Waals surface area contributed by atoms with E-state index in [2.05, 4.69) is 137 Å². The summed E-state index contributed by atoms with van der Waals surface area (Å²) in [5.41, 5.74) is 2.34. The minimum absolute atomic E-state index is 0.0913. The van der Waals surface area contributed by atoms with Gasteiger partial charge in [-0.2, -0.15) is 0 Å². The van der Waals surface area contributed by atoms with Crippen LogP contribution >= 0.6 is 0 Å². The van der Waals surface area contributed by atoms with E-state index in [9.17, 15) is 4.79 Å². The molecule has 0 aromatic heterocycles. The lowest BCUT2D eigenvalue weighted by atomic mass is 10.0. The Bertz CT molecular complexity index is 1220. The zero-order chi connectivity index (χ0) is 30.3. The molecule has 0 radical (unpaired) electrons. The van der Waals surface area contributed by atoms with Crippen molar-refractivity contribution in [1.82, 2.24) is 0 Å². The predicted octanol–water partition coefficient (Wildman–Crippen LogP) is 9.19. The summed E-state index contributed by atoms with van der Waals surface area (Å²) in [6.45, 7) is 9.26. The number of benzene rings is 3. The summed E-state index contributed by atoms with van der Waals surface area (Å²) in [7, 11) is -1.30. The number of allylic oxidation sites excluding steroid dienone is 2. The van der Waals surface area contributed by atoms with Gasteiger partial charge in [0.15, 0.2) is 0 Å². The molecule has 1 atom stereocenters. The van der Waals surface area contributed by atoms with Crippen molar-refractivity contribution in [2.24, 2.45) is 0 Å². The molecule has 3 nitrogen and oxygen atoms in total. The number of carbonyl (C=O) groups excluding carboxylic acids is 1. The van der Waals surface area contributed by atoms with Crippen LogP contribution in [0.15, 0.2) is 103 Å². The molecule has 0 fully saturated rings. The van der Waals surface area contributed by atoms with Crippen LogP contribution in [0.2, 0.25) is 5.04 Å². The molecule has 0 bridgehead atoms. The van der Waals surface area contributed by atoms with Crippen molar-refractivity contribution in [2.75, 3.05) is 7.11 Å². The standard InChI is InChI=1S/C38H50O3Si/c1-6-7-8-9-10-19-29-36(33-24-21-23-32(31-33)22-14-11-20-30-37(39)40-5)41-42(38(2,3)4,34-25-15-12-16-26-34)35-27-17-13-18-28-35/h10,12-19,21-28,31,36H,6-9,11,20,29-30H2,1-5H3/b19-10-,22-14-. The molecular weight excluding hydrogens is 533 g/mol. The first-order valence-electron chi connectivity index (χ1n) is 15.6. The second-order valence-corrected chi connectivity index (χ2v) is 16.3. The van der Waals surface area contributed by atoms with Gasteiger partial charge in [0.05, 0.1) is 13.2 Å². The van der Waals surface area contributed by atoms with Crippen LogP contribution in [0.1, 0.15) is 96.3 Å². The zero-order valence-electron chi connectivity index (χ0n) is 26.4. The summed E-state index contributed by atoms with van der Waals surface area (Å²) in [4.78, 5) is 11.5. The fraction of sp³-hybridized carbons (Fsp3) is 0.395. The van der Waals surface area contributed by atoms with Gasteiger partial charge in [-0.05, 0) is 64.7 Å². The molecule has 0 saturated heterocycles. The monoisotopic (exact) mass is 582 g/mol.